The van der Waals surface area contributed by atoms with Gasteiger partial charge in [0.05, 0.1) is 0 Å². The van der Waals surface area contributed by atoms with Crippen molar-refractivity contribution in [1.29, 1.82) is 0 Å². The second-order valence-electron chi connectivity index (χ2n) is 5.86. The predicted molar refractivity (Wildman–Crippen MR) is 69.7 cm³/mol. The van der Waals surface area contributed by atoms with Crippen molar-refractivity contribution in [3.63, 3.8) is 0 Å². The van der Waals surface area contributed by atoms with Crippen LogP contribution in [0.3, 0.4) is 0 Å². The predicted octanol–water partition coefficient (Wildman–Crippen LogP) is 2.45. The Labute approximate surface area is 101 Å². The highest BCUT2D eigenvalue weighted by Gasteiger charge is 2.23. The van der Waals surface area contributed by atoms with Crippen LogP contribution < -0.4 is 0 Å². The number of hydrogen-bond acceptors (Lipinski definition) is 2. The summed E-state index contributed by atoms with van der Waals surface area (Å²) in [5, 5.41) is 0. The molecule has 0 atom stereocenters. The van der Waals surface area contributed by atoms with E-state index in [1.165, 1.54) is 64.8 Å². The lowest BCUT2D eigenvalue weighted by Crippen LogP contribution is -2.35. The molecule has 2 heteroatoms. The van der Waals surface area contributed by atoms with Gasteiger partial charge in [-0.2, -0.15) is 0 Å². The first-order valence-electron chi connectivity index (χ1n) is 7.18. The molecular formula is C14H28N2. The molecular weight excluding hydrogens is 196 g/mol. The Balaban J connectivity index is 1.66. The molecule has 0 bridgehead atoms. The molecule has 0 aliphatic carbocycles. The van der Waals surface area contributed by atoms with Crippen LogP contribution in [0.4, 0.5) is 0 Å². The van der Waals surface area contributed by atoms with Gasteiger partial charge in [-0.25, -0.2) is 0 Å². The maximum Gasteiger partial charge on any atom is -0.00162 e. The minimum Gasteiger partial charge on any atom is -0.306 e. The van der Waals surface area contributed by atoms with Gasteiger partial charge < -0.3 is 9.80 Å². The van der Waals surface area contributed by atoms with Crippen molar-refractivity contribution in [2.75, 3.05) is 39.8 Å². The van der Waals surface area contributed by atoms with Gasteiger partial charge in [0.15, 0.2) is 0 Å². The molecule has 0 amide bonds. The smallest absolute Gasteiger partial charge is 0.00162 e. The van der Waals surface area contributed by atoms with Gasteiger partial charge in [-0.15, -0.1) is 0 Å². The lowest BCUT2D eigenvalue weighted by molar-refractivity contribution is 0.146. The van der Waals surface area contributed by atoms with E-state index in [1.54, 1.807) is 0 Å². The van der Waals surface area contributed by atoms with Gasteiger partial charge in [0.2, 0.25) is 0 Å². The van der Waals surface area contributed by atoms with Gasteiger partial charge in [-0.3, -0.25) is 0 Å². The first-order chi connectivity index (χ1) is 7.78. The zero-order valence-corrected chi connectivity index (χ0v) is 11.1. The lowest BCUT2D eigenvalue weighted by Gasteiger charge is -2.35. The standard InChI is InChI=1S/C14H28N2/c1-3-16-10-6-14(7-11-16)12-13-4-8-15(2)9-5-13/h13-14H,3-12H2,1-2H3. The summed E-state index contributed by atoms with van der Waals surface area (Å²) in [4.78, 5) is 5.08. The highest BCUT2D eigenvalue weighted by molar-refractivity contribution is 4.77. The Bertz CT molecular complexity index is 189. The normalized spacial score (nSPS) is 27.4. The molecule has 0 saturated carbocycles. The van der Waals surface area contributed by atoms with Crippen LogP contribution in [0, 0.1) is 11.8 Å². The van der Waals surface area contributed by atoms with Crippen molar-refractivity contribution in [3.05, 3.63) is 0 Å². The Kier molecular flexibility index (Phi) is 4.66. The van der Waals surface area contributed by atoms with E-state index in [-0.39, 0.29) is 0 Å². The van der Waals surface area contributed by atoms with Gasteiger partial charge in [0, 0.05) is 0 Å². The molecule has 0 aromatic carbocycles. The second kappa shape index (κ2) is 6.02. The van der Waals surface area contributed by atoms with Crippen molar-refractivity contribution >= 4 is 0 Å². The molecule has 2 aliphatic rings. The topological polar surface area (TPSA) is 6.48 Å². The average molecular weight is 224 g/mol. The SMILES string of the molecule is CCN1CCC(CC2CCN(C)CC2)CC1. The first kappa shape index (κ1) is 12.4. The maximum atomic E-state index is 2.60. The number of rotatable bonds is 3. The molecule has 0 N–H and O–H groups in total. The van der Waals surface area contributed by atoms with Gasteiger partial charge >= 0.3 is 0 Å². The molecule has 2 fully saturated rings. The molecule has 2 nitrogen and oxygen atoms in total. The largest absolute Gasteiger partial charge is 0.306 e. The Morgan fingerprint density at radius 2 is 1.38 bits per heavy atom. The molecule has 0 unspecified atom stereocenters. The fourth-order valence-electron chi connectivity index (χ4n) is 3.31. The minimum atomic E-state index is 1.04. The highest BCUT2D eigenvalue weighted by atomic mass is 15.1. The van der Waals surface area contributed by atoms with Crippen molar-refractivity contribution in [2.45, 2.75) is 39.0 Å². The monoisotopic (exact) mass is 224 g/mol. The van der Waals surface area contributed by atoms with Crippen molar-refractivity contribution in [2.24, 2.45) is 11.8 Å². The molecule has 2 aliphatic heterocycles. The molecule has 0 aromatic rings. The van der Waals surface area contributed by atoms with Gasteiger partial charge in [0.1, 0.15) is 0 Å². The van der Waals surface area contributed by atoms with E-state index < -0.39 is 0 Å². The third-order valence-corrected chi connectivity index (χ3v) is 4.66. The van der Waals surface area contributed by atoms with Crippen LogP contribution in [0.15, 0.2) is 0 Å². The summed E-state index contributed by atoms with van der Waals surface area (Å²) in [6, 6.07) is 0. The molecule has 0 spiro atoms. The Morgan fingerprint density at radius 3 is 1.88 bits per heavy atom. The molecule has 94 valence electrons. The van der Waals surface area contributed by atoms with Crippen molar-refractivity contribution in [3.8, 4) is 0 Å². The van der Waals surface area contributed by atoms with E-state index in [0.29, 0.717) is 0 Å². The summed E-state index contributed by atoms with van der Waals surface area (Å²) in [5.41, 5.74) is 0. The van der Waals surface area contributed by atoms with E-state index in [4.69, 9.17) is 0 Å². The number of likely N-dealkylation sites (tertiary alicyclic amines) is 2. The van der Waals surface area contributed by atoms with Crippen LogP contribution in [0.1, 0.15) is 39.0 Å². The maximum absolute atomic E-state index is 2.60. The van der Waals surface area contributed by atoms with E-state index in [9.17, 15) is 0 Å². The summed E-state index contributed by atoms with van der Waals surface area (Å²) in [5.74, 6) is 2.07. The number of nitrogens with zero attached hydrogens (tertiary/aromatic N) is 2. The van der Waals surface area contributed by atoms with Gasteiger partial charge in [-0.1, -0.05) is 6.92 Å². The summed E-state index contributed by atoms with van der Waals surface area (Å²) in [6.45, 7) is 8.91. The van der Waals surface area contributed by atoms with Crippen LogP contribution in [0.5, 0.6) is 0 Å². The van der Waals surface area contributed by atoms with Crippen LogP contribution in [0.25, 0.3) is 0 Å². The quantitative estimate of drug-likeness (QED) is 0.726. The molecule has 2 heterocycles. The minimum absolute atomic E-state index is 1.04. The number of piperidine rings is 2. The zero-order valence-electron chi connectivity index (χ0n) is 11.1. The zero-order chi connectivity index (χ0) is 11.4. The lowest BCUT2D eigenvalue weighted by atomic mass is 9.83. The van der Waals surface area contributed by atoms with Crippen LogP contribution in [0.2, 0.25) is 0 Å². The summed E-state index contributed by atoms with van der Waals surface area (Å²) in [7, 11) is 2.26. The third-order valence-electron chi connectivity index (χ3n) is 4.66. The van der Waals surface area contributed by atoms with Gasteiger partial charge in [-0.05, 0) is 83.7 Å². The average Bonchev–Trinajstić information content (AvgIpc) is 2.33. The fraction of sp³-hybridized carbons (Fsp3) is 1.00. The van der Waals surface area contributed by atoms with Crippen LogP contribution in [-0.2, 0) is 0 Å². The second-order valence-corrected chi connectivity index (χ2v) is 5.86. The van der Waals surface area contributed by atoms with Crippen molar-refractivity contribution < 1.29 is 0 Å². The fourth-order valence-corrected chi connectivity index (χ4v) is 3.31. The van der Waals surface area contributed by atoms with Crippen LogP contribution in [-0.4, -0.2) is 49.6 Å². The summed E-state index contributed by atoms with van der Waals surface area (Å²) >= 11 is 0. The van der Waals surface area contributed by atoms with E-state index >= 15 is 0 Å². The summed E-state index contributed by atoms with van der Waals surface area (Å²) in [6.07, 6.45) is 7.33. The van der Waals surface area contributed by atoms with E-state index in [2.05, 4.69) is 23.8 Å². The molecule has 2 saturated heterocycles. The Hall–Kier alpha value is -0.0800. The third kappa shape index (κ3) is 3.46. The Morgan fingerprint density at radius 1 is 0.875 bits per heavy atom. The van der Waals surface area contributed by atoms with E-state index in [0.717, 1.165) is 11.8 Å². The first-order valence-corrected chi connectivity index (χ1v) is 7.18. The highest BCUT2D eigenvalue weighted by Crippen LogP contribution is 2.29. The number of hydrogen-bond donors (Lipinski definition) is 0. The van der Waals surface area contributed by atoms with Crippen molar-refractivity contribution in [1.82, 2.24) is 9.80 Å². The molecule has 2 rings (SSSR count). The molecule has 0 radical (unpaired) electrons. The summed E-state index contributed by atoms with van der Waals surface area (Å²) < 4.78 is 0. The molecule has 16 heavy (non-hydrogen) atoms. The van der Waals surface area contributed by atoms with Crippen LogP contribution >= 0.6 is 0 Å². The van der Waals surface area contributed by atoms with E-state index in [1.807, 2.05) is 0 Å². The van der Waals surface area contributed by atoms with Gasteiger partial charge in [0.25, 0.3) is 0 Å². The molecule has 0 aromatic heterocycles.